The molecule has 2 nitrogen and oxygen atoms in total. The predicted octanol–water partition coefficient (Wildman–Crippen LogP) is 3.69. The molecule has 0 aromatic heterocycles. The Morgan fingerprint density at radius 1 is 1.39 bits per heavy atom. The zero-order valence-electron chi connectivity index (χ0n) is 11.4. The highest BCUT2D eigenvalue weighted by Crippen LogP contribution is 2.32. The molecule has 1 N–H and O–H groups in total. The van der Waals surface area contributed by atoms with Crippen LogP contribution in [0.15, 0.2) is 18.2 Å². The molecular formula is C15H23ClN2. The predicted molar refractivity (Wildman–Crippen MR) is 79.4 cm³/mol. The first-order valence-electron chi connectivity index (χ1n) is 6.99. The Bertz CT molecular complexity index is 392. The number of hydrogen-bond acceptors (Lipinski definition) is 2. The van der Waals surface area contributed by atoms with Crippen LogP contribution in [0, 0.1) is 5.92 Å². The molecule has 1 fully saturated rings. The van der Waals surface area contributed by atoms with Crippen molar-refractivity contribution in [3.63, 3.8) is 0 Å². The van der Waals surface area contributed by atoms with Crippen LogP contribution in [0.3, 0.4) is 0 Å². The highest BCUT2D eigenvalue weighted by atomic mass is 35.5. The third-order valence-electron chi connectivity index (χ3n) is 3.85. The monoisotopic (exact) mass is 266 g/mol. The molecular weight excluding hydrogens is 244 g/mol. The average Bonchev–Trinajstić information content (AvgIpc) is 2.85. The SMILES string of the molecule is CCNCc1c(Cl)cccc1N1CCC(CC)C1. The lowest BCUT2D eigenvalue weighted by atomic mass is 10.1. The lowest BCUT2D eigenvalue weighted by Gasteiger charge is -2.23. The number of hydrogen-bond donors (Lipinski definition) is 1. The average molecular weight is 267 g/mol. The van der Waals surface area contributed by atoms with Crippen molar-refractivity contribution in [2.24, 2.45) is 5.92 Å². The number of halogens is 1. The molecule has 0 bridgehead atoms. The quantitative estimate of drug-likeness (QED) is 0.875. The maximum atomic E-state index is 6.35. The van der Waals surface area contributed by atoms with Gasteiger partial charge in [-0.15, -0.1) is 0 Å². The molecule has 1 aromatic carbocycles. The van der Waals surface area contributed by atoms with Crippen molar-refractivity contribution in [2.75, 3.05) is 24.5 Å². The van der Waals surface area contributed by atoms with Gasteiger partial charge in [-0.25, -0.2) is 0 Å². The summed E-state index contributed by atoms with van der Waals surface area (Å²) in [5.74, 6) is 0.843. The van der Waals surface area contributed by atoms with E-state index in [-0.39, 0.29) is 0 Å². The summed E-state index contributed by atoms with van der Waals surface area (Å²) in [7, 11) is 0. The number of anilines is 1. The smallest absolute Gasteiger partial charge is 0.0471 e. The van der Waals surface area contributed by atoms with Crippen molar-refractivity contribution >= 4 is 17.3 Å². The van der Waals surface area contributed by atoms with E-state index in [0.29, 0.717) is 0 Å². The summed E-state index contributed by atoms with van der Waals surface area (Å²) in [4.78, 5) is 2.49. The van der Waals surface area contributed by atoms with Crippen LogP contribution < -0.4 is 10.2 Å². The van der Waals surface area contributed by atoms with Crippen molar-refractivity contribution < 1.29 is 0 Å². The minimum atomic E-state index is 0.843. The summed E-state index contributed by atoms with van der Waals surface area (Å²) in [5.41, 5.74) is 2.57. The number of rotatable bonds is 5. The Kier molecular flexibility index (Phi) is 4.90. The van der Waals surface area contributed by atoms with Gasteiger partial charge in [0, 0.05) is 35.9 Å². The molecule has 0 radical (unpaired) electrons. The first-order valence-corrected chi connectivity index (χ1v) is 7.37. The van der Waals surface area contributed by atoms with Gasteiger partial charge in [0.05, 0.1) is 0 Å². The van der Waals surface area contributed by atoms with E-state index in [9.17, 15) is 0 Å². The maximum Gasteiger partial charge on any atom is 0.0471 e. The fraction of sp³-hybridized carbons (Fsp3) is 0.600. The van der Waals surface area contributed by atoms with Crippen LogP contribution in [0.2, 0.25) is 5.02 Å². The minimum absolute atomic E-state index is 0.843. The molecule has 0 saturated carbocycles. The Hall–Kier alpha value is -0.730. The van der Waals surface area contributed by atoms with Crippen LogP contribution in [0.1, 0.15) is 32.3 Å². The Labute approximate surface area is 115 Å². The molecule has 1 saturated heterocycles. The fourth-order valence-electron chi connectivity index (χ4n) is 2.65. The molecule has 2 rings (SSSR count). The third kappa shape index (κ3) is 2.99. The van der Waals surface area contributed by atoms with E-state index in [1.165, 1.54) is 30.6 Å². The first kappa shape index (κ1) is 13.7. The fourth-order valence-corrected chi connectivity index (χ4v) is 2.89. The van der Waals surface area contributed by atoms with E-state index >= 15 is 0 Å². The molecule has 1 heterocycles. The van der Waals surface area contributed by atoms with Crippen molar-refractivity contribution in [3.05, 3.63) is 28.8 Å². The van der Waals surface area contributed by atoms with E-state index in [0.717, 1.165) is 30.6 Å². The van der Waals surface area contributed by atoms with Crippen molar-refractivity contribution in [3.8, 4) is 0 Å². The largest absolute Gasteiger partial charge is 0.371 e. The molecule has 100 valence electrons. The van der Waals surface area contributed by atoms with Gasteiger partial charge in [-0.05, 0) is 31.0 Å². The Morgan fingerprint density at radius 3 is 2.89 bits per heavy atom. The van der Waals surface area contributed by atoms with Crippen molar-refractivity contribution in [2.45, 2.75) is 33.2 Å². The zero-order chi connectivity index (χ0) is 13.0. The lowest BCUT2D eigenvalue weighted by molar-refractivity contribution is 0.569. The topological polar surface area (TPSA) is 15.3 Å². The van der Waals surface area contributed by atoms with Gasteiger partial charge in [-0.1, -0.05) is 37.9 Å². The lowest BCUT2D eigenvalue weighted by Crippen LogP contribution is -2.23. The van der Waals surface area contributed by atoms with Gasteiger partial charge in [0.2, 0.25) is 0 Å². The Morgan fingerprint density at radius 2 is 2.22 bits per heavy atom. The second-order valence-electron chi connectivity index (χ2n) is 5.03. The molecule has 0 spiro atoms. The highest BCUT2D eigenvalue weighted by molar-refractivity contribution is 6.31. The van der Waals surface area contributed by atoms with E-state index < -0.39 is 0 Å². The molecule has 1 atom stereocenters. The van der Waals surface area contributed by atoms with Crippen LogP contribution in [0.5, 0.6) is 0 Å². The summed E-state index contributed by atoms with van der Waals surface area (Å²) in [6.07, 6.45) is 2.59. The number of nitrogens with zero attached hydrogens (tertiary/aromatic N) is 1. The van der Waals surface area contributed by atoms with Gasteiger partial charge in [0.15, 0.2) is 0 Å². The molecule has 1 aliphatic rings. The molecule has 1 aliphatic heterocycles. The van der Waals surface area contributed by atoms with E-state index in [1.54, 1.807) is 0 Å². The second kappa shape index (κ2) is 6.44. The van der Waals surface area contributed by atoms with Crippen molar-refractivity contribution in [1.82, 2.24) is 5.32 Å². The molecule has 3 heteroatoms. The molecule has 18 heavy (non-hydrogen) atoms. The van der Waals surface area contributed by atoms with Crippen LogP contribution in [0.4, 0.5) is 5.69 Å². The highest BCUT2D eigenvalue weighted by Gasteiger charge is 2.23. The molecule has 0 aliphatic carbocycles. The summed E-state index contributed by atoms with van der Waals surface area (Å²) >= 11 is 6.35. The summed E-state index contributed by atoms with van der Waals surface area (Å²) in [6, 6.07) is 6.26. The van der Waals surface area contributed by atoms with Gasteiger partial charge in [0.25, 0.3) is 0 Å². The number of benzene rings is 1. The molecule has 1 unspecified atom stereocenters. The van der Waals surface area contributed by atoms with Gasteiger partial charge in [-0.2, -0.15) is 0 Å². The van der Waals surface area contributed by atoms with Gasteiger partial charge in [-0.3, -0.25) is 0 Å². The van der Waals surface area contributed by atoms with Gasteiger partial charge >= 0.3 is 0 Å². The molecule has 1 aromatic rings. The second-order valence-corrected chi connectivity index (χ2v) is 5.43. The van der Waals surface area contributed by atoms with E-state index in [2.05, 4.69) is 36.2 Å². The molecule has 0 amide bonds. The standard InChI is InChI=1S/C15H23ClN2/c1-3-12-8-9-18(11-12)15-7-5-6-14(16)13(15)10-17-4-2/h5-7,12,17H,3-4,8-11H2,1-2H3. The normalized spacial score (nSPS) is 19.5. The third-order valence-corrected chi connectivity index (χ3v) is 4.20. The van der Waals surface area contributed by atoms with Crippen LogP contribution in [-0.4, -0.2) is 19.6 Å². The Balaban J connectivity index is 2.19. The van der Waals surface area contributed by atoms with Gasteiger partial charge in [0.1, 0.15) is 0 Å². The van der Waals surface area contributed by atoms with Crippen molar-refractivity contribution in [1.29, 1.82) is 0 Å². The van der Waals surface area contributed by atoms with Gasteiger partial charge < -0.3 is 10.2 Å². The summed E-state index contributed by atoms with van der Waals surface area (Å²) in [6.45, 7) is 8.58. The first-order chi connectivity index (χ1) is 8.76. The van der Waals surface area contributed by atoms with E-state index in [1.807, 2.05) is 6.07 Å². The van der Waals surface area contributed by atoms with E-state index in [4.69, 9.17) is 11.6 Å². The van der Waals surface area contributed by atoms with Crippen LogP contribution >= 0.6 is 11.6 Å². The zero-order valence-corrected chi connectivity index (χ0v) is 12.1. The minimum Gasteiger partial charge on any atom is -0.371 e. The number of nitrogens with one attached hydrogen (secondary N) is 1. The summed E-state index contributed by atoms with van der Waals surface area (Å²) < 4.78 is 0. The van der Waals surface area contributed by atoms with Crippen LogP contribution in [0.25, 0.3) is 0 Å². The van der Waals surface area contributed by atoms with Crippen LogP contribution in [-0.2, 0) is 6.54 Å². The summed E-state index contributed by atoms with van der Waals surface area (Å²) in [5, 5.41) is 4.27. The maximum absolute atomic E-state index is 6.35.